The van der Waals surface area contributed by atoms with Gasteiger partial charge in [-0.15, -0.1) is 0 Å². The number of hydrogen-bond acceptors (Lipinski definition) is 3. The maximum absolute atomic E-state index is 12.2. The highest BCUT2D eigenvalue weighted by Gasteiger charge is 2.24. The molecule has 0 bridgehead atoms. The maximum Gasteiger partial charge on any atom is 0.271 e. The largest absolute Gasteiger partial charge is 0.489 e. The molecule has 1 fully saturated rings. The number of amides is 1. The van der Waals surface area contributed by atoms with Gasteiger partial charge in [-0.25, -0.2) is 5.43 Å². The highest BCUT2D eigenvalue weighted by molar-refractivity contribution is 5.95. The van der Waals surface area contributed by atoms with Gasteiger partial charge in [-0.3, -0.25) is 4.79 Å². The number of nitrogens with one attached hydrogen (secondary N) is 1. The predicted octanol–water partition coefficient (Wildman–Crippen LogP) is 5.21. The van der Waals surface area contributed by atoms with Gasteiger partial charge in [0.2, 0.25) is 0 Å². The summed E-state index contributed by atoms with van der Waals surface area (Å²) < 4.78 is 6.06. The summed E-state index contributed by atoms with van der Waals surface area (Å²) in [4.78, 5) is 12.2. The fourth-order valence-corrected chi connectivity index (χ4v) is 2.95. The molecule has 1 aliphatic carbocycles. The highest BCUT2D eigenvalue weighted by atomic mass is 16.5. The highest BCUT2D eigenvalue weighted by Crippen LogP contribution is 2.30. The zero-order chi connectivity index (χ0) is 19.4. The Morgan fingerprint density at radius 1 is 1.19 bits per heavy atom. The summed E-state index contributed by atoms with van der Waals surface area (Å²) in [6, 6.07) is 13.8. The van der Waals surface area contributed by atoms with Gasteiger partial charge in [-0.1, -0.05) is 38.1 Å². The molecular weight excluding hydrogens is 336 g/mol. The molecule has 27 heavy (non-hydrogen) atoms. The van der Waals surface area contributed by atoms with Gasteiger partial charge >= 0.3 is 0 Å². The Kier molecular flexibility index (Phi) is 5.94. The van der Waals surface area contributed by atoms with E-state index in [0.29, 0.717) is 24.0 Å². The van der Waals surface area contributed by atoms with Crippen molar-refractivity contribution < 1.29 is 9.53 Å². The molecule has 0 heterocycles. The molecule has 0 atom stereocenters. The Balaban J connectivity index is 1.60. The molecule has 1 saturated carbocycles. The van der Waals surface area contributed by atoms with Gasteiger partial charge in [0.15, 0.2) is 0 Å². The Morgan fingerprint density at radius 2 is 1.89 bits per heavy atom. The van der Waals surface area contributed by atoms with Crippen LogP contribution in [0.25, 0.3) is 0 Å². The molecule has 1 aliphatic rings. The lowest BCUT2D eigenvalue weighted by molar-refractivity contribution is 0.0954. The summed E-state index contributed by atoms with van der Waals surface area (Å²) in [6.07, 6.45) is 2.36. The molecule has 0 aliphatic heterocycles. The molecule has 1 N–H and O–H groups in total. The van der Waals surface area contributed by atoms with Crippen molar-refractivity contribution in [2.24, 2.45) is 11.0 Å². The number of ether oxygens (including phenoxy) is 1. The van der Waals surface area contributed by atoms with Crippen molar-refractivity contribution in [3.63, 3.8) is 0 Å². The third-order valence-corrected chi connectivity index (χ3v) is 4.90. The first-order chi connectivity index (χ1) is 12.9. The average Bonchev–Trinajstić information content (AvgIpc) is 3.49. The first-order valence-electron chi connectivity index (χ1n) is 9.61. The number of hydrazone groups is 1. The summed E-state index contributed by atoms with van der Waals surface area (Å²) >= 11 is 0. The van der Waals surface area contributed by atoms with Crippen molar-refractivity contribution in [3.05, 3.63) is 64.7 Å². The van der Waals surface area contributed by atoms with Crippen LogP contribution in [-0.2, 0) is 6.61 Å². The van der Waals surface area contributed by atoms with E-state index in [1.807, 2.05) is 31.2 Å². The SMILES string of the molecule is C/C(=N/NC(=O)c1ccc(COc2cc(C)ccc2C(C)C)cc1)C1CC1. The van der Waals surface area contributed by atoms with Gasteiger partial charge in [0.05, 0.1) is 0 Å². The minimum atomic E-state index is -0.178. The third kappa shape index (κ3) is 5.19. The van der Waals surface area contributed by atoms with Gasteiger partial charge in [0.1, 0.15) is 12.4 Å². The van der Waals surface area contributed by atoms with Crippen LogP contribution in [0.1, 0.15) is 66.6 Å². The lowest BCUT2D eigenvalue weighted by Gasteiger charge is -2.15. The third-order valence-electron chi connectivity index (χ3n) is 4.90. The van der Waals surface area contributed by atoms with Crippen molar-refractivity contribution in [2.45, 2.75) is 53.1 Å². The zero-order valence-electron chi connectivity index (χ0n) is 16.6. The molecule has 0 aromatic heterocycles. The first-order valence-corrected chi connectivity index (χ1v) is 9.61. The van der Waals surface area contributed by atoms with Crippen molar-refractivity contribution in [1.29, 1.82) is 0 Å². The fourth-order valence-electron chi connectivity index (χ4n) is 2.95. The van der Waals surface area contributed by atoms with Crippen LogP contribution < -0.4 is 10.2 Å². The maximum atomic E-state index is 12.2. The van der Waals surface area contributed by atoms with E-state index in [1.165, 1.54) is 24.0 Å². The number of rotatable bonds is 7. The van der Waals surface area contributed by atoms with Crippen LogP contribution in [0.3, 0.4) is 0 Å². The number of aryl methyl sites for hydroxylation is 1. The van der Waals surface area contributed by atoms with E-state index in [-0.39, 0.29) is 5.91 Å². The number of benzene rings is 2. The minimum absolute atomic E-state index is 0.178. The summed E-state index contributed by atoms with van der Waals surface area (Å²) in [5, 5.41) is 4.19. The molecule has 142 valence electrons. The molecule has 2 aromatic carbocycles. The predicted molar refractivity (Wildman–Crippen MR) is 109 cm³/mol. The van der Waals surface area contributed by atoms with Crippen LogP contribution in [0.4, 0.5) is 0 Å². The van der Waals surface area contributed by atoms with Gasteiger partial charge < -0.3 is 4.74 Å². The second kappa shape index (κ2) is 8.38. The van der Waals surface area contributed by atoms with Gasteiger partial charge in [-0.2, -0.15) is 5.10 Å². The zero-order valence-corrected chi connectivity index (χ0v) is 16.6. The molecule has 1 amide bonds. The monoisotopic (exact) mass is 364 g/mol. The second-order valence-corrected chi connectivity index (χ2v) is 7.65. The number of carbonyl (C=O) groups is 1. The van der Waals surface area contributed by atoms with E-state index >= 15 is 0 Å². The molecule has 4 heteroatoms. The number of hydrogen-bond donors (Lipinski definition) is 1. The van der Waals surface area contributed by atoms with Gasteiger partial charge in [0.25, 0.3) is 5.91 Å². The minimum Gasteiger partial charge on any atom is -0.489 e. The topological polar surface area (TPSA) is 50.7 Å². The Morgan fingerprint density at radius 3 is 2.52 bits per heavy atom. The molecular formula is C23H28N2O2. The van der Waals surface area contributed by atoms with Crippen LogP contribution >= 0.6 is 0 Å². The summed E-state index contributed by atoms with van der Waals surface area (Å²) in [6.45, 7) is 8.84. The molecule has 0 spiro atoms. The van der Waals surface area contributed by atoms with Crippen LogP contribution in [0, 0.1) is 12.8 Å². The average molecular weight is 364 g/mol. The van der Waals surface area contributed by atoms with E-state index < -0.39 is 0 Å². The smallest absolute Gasteiger partial charge is 0.271 e. The quantitative estimate of drug-likeness (QED) is 0.541. The standard InChI is InChI=1S/C23H28N2O2/c1-15(2)21-12-5-16(3)13-22(21)27-14-18-6-8-20(9-7-18)23(26)25-24-17(4)19-10-11-19/h5-9,12-13,15,19H,10-11,14H2,1-4H3,(H,25,26)/b24-17-. The van der Waals surface area contributed by atoms with Crippen LogP contribution in [-0.4, -0.2) is 11.6 Å². The Hall–Kier alpha value is -2.62. The van der Waals surface area contributed by atoms with Crippen molar-refractivity contribution in [3.8, 4) is 5.75 Å². The van der Waals surface area contributed by atoms with Crippen LogP contribution in [0.5, 0.6) is 5.75 Å². The molecule has 0 unspecified atom stereocenters. The summed E-state index contributed by atoms with van der Waals surface area (Å²) in [5.74, 6) is 1.72. The van der Waals surface area contributed by atoms with E-state index in [1.54, 1.807) is 0 Å². The van der Waals surface area contributed by atoms with Crippen LogP contribution in [0.2, 0.25) is 0 Å². The lowest BCUT2D eigenvalue weighted by atomic mass is 10.0. The van der Waals surface area contributed by atoms with Crippen molar-refractivity contribution in [1.82, 2.24) is 5.43 Å². The molecule has 0 saturated heterocycles. The first kappa shape index (κ1) is 19.2. The van der Waals surface area contributed by atoms with Crippen molar-refractivity contribution >= 4 is 11.6 Å². The van der Waals surface area contributed by atoms with E-state index in [9.17, 15) is 4.79 Å². The Bertz CT molecular complexity index is 834. The molecule has 2 aromatic rings. The van der Waals surface area contributed by atoms with E-state index in [0.717, 1.165) is 17.0 Å². The van der Waals surface area contributed by atoms with E-state index in [2.05, 4.69) is 49.5 Å². The second-order valence-electron chi connectivity index (χ2n) is 7.65. The van der Waals surface area contributed by atoms with Gasteiger partial charge in [0, 0.05) is 11.3 Å². The fraction of sp³-hybridized carbons (Fsp3) is 0.391. The Labute approximate surface area is 161 Å². The summed E-state index contributed by atoms with van der Waals surface area (Å²) in [7, 11) is 0. The molecule has 0 radical (unpaired) electrons. The lowest BCUT2D eigenvalue weighted by Crippen LogP contribution is -2.19. The van der Waals surface area contributed by atoms with Crippen LogP contribution in [0.15, 0.2) is 47.6 Å². The molecule has 4 nitrogen and oxygen atoms in total. The molecule has 3 rings (SSSR count). The normalized spacial score (nSPS) is 14.3. The van der Waals surface area contributed by atoms with E-state index in [4.69, 9.17) is 4.74 Å². The number of carbonyl (C=O) groups excluding carboxylic acids is 1. The van der Waals surface area contributed by atoms with Gasteiger partial charge in [-0.05, 0) is 73.4 Å². The van der Waals surface area contributed by atoms with Crippen molar-refractivity contribution in [2.75, 3.05) is 0 Å². The summed E-state index contributed by atoms with van der Waals surface area (Å²) in [5.41, 5.74) is 7.67. The number of nitrogens with zero attached hydrogens (tertiary/aromatic N) is 1.